The molecule has 0 radical (unpaired) electrons. The second kappa shape index (κ2) is 6.82. The van der Waals surface area contributed by atoms with Crippen LogP contribution in [0.3, 0.4) is 0 Å². The van der Waals surface area contributed by atoms with Crippen molar-refractivity contribution >= 4 is 11.3 Å². The number of hydrogen-bond acceptors (Lipinski definition) is 4. The van der Waals surface area contributed by atoms with Crippen molar-refractivity contribution in [1.82, 2.24) is 9.88 Å². The van der Waals surface area contributed by atoms with Crippen LogP contribution in [0.1, 0.15) is 55.8 Å². The Balaban J connectivity index is 2.00. The minimum Gasteiger partial charge on any atom is -0.396 e. The molecule has 0 aliphatic carbocycles. The highest BCUT2D eigenvalue weighted by Crippen LogP contribution is 2.27. The highest BCUT2D eigenvalue weighted by atomic mass is 32.1. The second-order valence-electron chi connectivity index (χ2n) is 5.93. The normalized spacial score (nSPS) is 22.9. The van der Waals surface area contributed by atoms with E-state index in [9.17, 15) is 5.11 Å². The van der Waals surface area contributed by atoms with Crippen LogP contribution >= 0.6 is 11.3 Å². The number of likely N-dealkylation sites (tertiary alicyclic amines) is 1. The first-order valence-corrected chi connectivity index (χ1v) is 8.24. The molecule has 0 spiro atoms. The van der Waals surface area contributed by atoms with Crippen LogP contribution in [-0.4, -0.2) is 40.2 Å². The van der Waals surface area contributed by atoms with E-state index in [1.807, 2.05) is 6.20 Å². The van der Waals surface area contributed by atoms with Gasteiger partial charge in [-0.1, -0.05) is 13.3 Å². The lowest BCUT2D eigenvalue weighted by molar-refractivity contribution is 0.111. The van der Waals surface area contributed by atoms with E-state index in [1.165, 1.54) is 35.7 Å². The van der Waals surface area contributed by atoms with Gasteiger partial charge in [0, 0.05) is 35.5 Å². The van der Waals surface area contributed by atoms with Gasteiger partial charge in [0.25, 0.3) is 0 Å². The van der Waals surface area contributed by atoms with Crippen LogP contribution in [0.15, 0.2) is 6.20 Å². The fourth-order valence-electron chi connectivity index (χ4n) is 2.86. The number of aliphatic hydroxyl groups excluding tert-OH is 1. The third-order valence-corrected chi connectivity index (χ3v) is 5.33. The summed E-state index contributed by atoms with van der Waals surface area (Å²) in [5, 5.41) is 10.4. The molecule has 2 atom stereocenters. The molecular formula is C15H26N2OS. The van der Waals surface area contributed by atoms with Crippen molar-refractivity contribution in [3.63, 3.8) is 0 Å². The van der Waals surface area contributed by atoms with E-state index < -0.39 is 0 Å². The van der Waals surface area contributed by atoms with Gasteiger partial charge in [-0.15, -0.1) is 11.3 Å². The van der Waals surface area contributed by atoms with Crippen molar-refractivity contribution < 1.29 is 5.11 Å². The number of hydrogen-bond donors (Lipinski definition) is 1. The number of nitrogens with zero attached hydrogens (tertiary/aromatic N) is 2. The SMILES string of the molecule is CC(CO)c1cnc(CC2CCCCN2C(C)C)s1. The Kier molecular flexibility index (Phi) is 5.37. The van der Waals surface area contributed by atoms with E-state index in [0.29, 0.717) is 12.1 Å². The molecule has 2 rings (SSSR count). The molecule has 2 heterocycles. The van der Waals surface area contributed by atoms with Crippen molar-refractivity contribution in [2.75, 3.05) is 13.2 Å². The van der Waals surface area contributed by atoms with Crippen molar-refractivity contribution in [1.29, 1.82) is 0 Å². The zero-order valence-corrected chi connectivity index (χ0v) is 13.1. The molecular weight excluding hydrogens is 256 g/mol. The number of aromatic nitrogens is 1. The molecule has 1 fully saturated rings. The fourth-order valence-corrected chi connectivity index (χ4v) is 3.89. The van der Waals surface area contributed by atoms with Crippen LogP contribution in [-0.2, 0) is 6.42 Å². The number of rotatable bonds is 5. The summed E-state index contributed by atoms with van der Waals surface area (Å²) in [4.78, 5) is 8.39. The molecule has 3 nitrogen and oxygen atoms in total. The topological polar surface area (TPSA) is 36.4 Å². The third-order valence-electron chi connectivity index (χ3n) is 4.08. The van der Waals surface area contributed by atoms with Crippen molar-refractivity contribution in [3.8, 4) is 0 Å². The Hall–Kier alpha value is -0.450. The van der Waals surface area contributed by atoms with Gasteiger partial charge in [-0.2, -0.15) is 0 Å². The number of thiazole rings is 1. The molecule has 0 saturated carbocycles. The molecule has 108 valence electrons. The van der Waals surface area contributed by atoms with Crippen molar-refractivity contribution in [2.45, 2.75) is 64.5 Å². The minimum absolute atomic E-state index is 0.211. The van der Waals surface area contributed by atoms with Gasteiger partial charge in [0.05, 0.1) is 11.6 Å². The molecule has 1 N–H and O–H groups in total. The minimum atomic E-state index is 0.211. The Labute approximate surface area is 120 Å². The van der Waals surface area contributed by atoms with Crippen LogP contribution in [0.5, 0.6) is 0 Å². The quantitative estimate of drug-likeness (QED) is 0.902. The summed E-state index contributed by atoms with van der Waals surface area (Å²) in [5.41, 5.74) is 0. The number of aliphatic hydroxyl groups is 1. The van der Waals surface area contributed by atoms with Crippen LogP contribution in [0, 0.1) is 0 Å². The zero-order chi connectivity index (χ0) is 13.8. The van der Waals surface area contributed by atoms with Gasteiger partial charge in [-0.05, 0) is 33.2 Å². The van der Waals surface area contributed by atoms with Gasteiger partial charge in [-0.3, -0.25) is 4.90 Å². The van der Waals surface area contributed by atoms with E-state index in [4.69, 9.17) is 0 Å². The lowest BCUT2D eigenvalue weighted by Gasteiger charge is -2.38. The van der Waals surface area contributed by atoms with E-state index >= 15 is 0 Å². The van der Waals surface area contributed by atoms with Gasteiger partial charge >= 0.3 is 0 Å². The fraction of sp³-hybridized carbons (Fsp3) is 0.800. The Bertz CT molecular complexity index is 391. The highest BCUT2D eigenvalue weighted by molar-refractivity contribution is 7.11. The standard InChI is InChI=1S/C15H26N2OS/c1-11(2)17-7-5-4-6-13(17)8-15-16-9-14(19-15)12(3)10-18/h9,11-13,18H,4-8,10H2,1-3H3. The second-order valence-corrected chi connectivity index (χ2v) is 7.07. The molecule has 1 aliphatic rings. The van der Waals surface area contributed by atoms with Crippen LogP contribution in [0.2, 0.25) is 0 Å². The van der Waals surface area contributed by atoms with Crippen molar-refractivity contribution in [2.24, 2.45) is 0 Å². The molecule has 0 amide bonds. The maximum Gasteiger partial charge on any atom is 0.0943 e. The summed E-state index contributed by atoms with van der Waals surface area (Å²) in [7, 11) is 0. The average Bonchev–Trinajstić information content (AvgIpc) is 2.86. The maximum atomic E-state index is 9.20. The summed E-state index contributed by atoms with van der Waals surface area (Å²) in [6.45, 7) is 8.08. The third kappa shape index (κ3) is 3.77. The van der Waals surface area contributed by atoms with E-state index in [-0.39, 0.29) is 12.5 Å². The van der Waals surface area contributed by atoms with E-state index in [1.54, 1.807) is 11.3 Å². The molecule has 0 aromatic carbocycles. The largest absolute Gasteiger partial charge is 0.396 e. The molecule has 19 heavy (non-hydrogen) atoms. The molecule has 1 saturated heterocycles. The lowest BCUT2D eigenvalue weighted by Crippen LogP contribution is -2.44. The zero-order valence-electron chi connectivity index (χ0n) is 12.3. The molecule has 0 bridgehead atoms. The van der Waals surface area contributed by atoms with E-state index in [2.05, 4.69) is 30.7 Å². The number of piperidine rings is 1. The average molecular weight is 282 g/mol. The predicted molar refractivity (Wildman–Crippen MR) is 80.8 cm³/mol. The Morgan fingerprint density at radius 1 is 1.42 bits per heavy atom. The summed E-state index contributed by atoms with van der Waals surface area (Å²) in [6, 6.07) is 1.28. The Morgan fingerprint density at radius 3 is 2.89 bits per heavy atom. The highest BCUT2D eigenvalue weighted by Gasteiger charge is 2.25. The lowest BCUT2D eigenvalue weighted by atomic mass is 9.98. The van der Waals surface area contributed by atoms with Crippen LogP contribution < -0.4 is 0 Å². The molecule has 1 aromatic rings. The van der Waals surface area contributed by atoms with Gasteiger partial charge in [0.15, 0.2) is 0 Å². The van der Waals surface area contributed by atoms with Gasteiger partial charge < -0.3 is 5.11 Å². The maximum absolute atomic E-state index is 9.20. The first kappa shape index (κ1) is 14.9. The first-order chi connectivity index (χ1) is 9.11. The summed E-state index contributed by atoms with van der Waals surface area (Å²) < 4.78 is 0. The summed E-state index contributed by atoms with van der Waals surface area (Å²) in [5.74, 6) is 0.221. The van der Waals surface area contributed by atoms with Gasteiger partial charge in [-0.25, -0.2) is 4.98 Å². The van der Waals surface area contributed by atoms with Crippen LogP contribution in [0.25, 0.3) is 0 Å². The van der Waals surface area contributed by atoms with Gasteiger partial charge in [0.2, 0.25) is 0 Å². The van der Waals surface area contributed by atoms with E-state index in [0.717, 1.165) is 6.42 Å². The summed E-state index contributed by atoms with van der Waals surface area (Å²) in [6.07, 6.45) is 6.99. The first-order valence-electron chi connectivity index (χ1n) is 7.43. The van der Waals surface area contributed by atoms with Crippen molar-refractivity contribution in [3.05, 3.63) is 16.1 Å². The Morgan fingerprint density at radius 2 is 2.21 bits per heavy atom. The van der Waals surface area contributed by atoms with Crippen LogP contribution in [0.4, 0.5) is 0 Å². The monoisotopic (exact) mass is 282 g/mol. The molecule has 2 unspecified atom stereocenters. The predicted octanol–water partition coefficient (Wildman–Crippen LogP) is 3.04. The molecule has 4 heteroatoms. The molecule has 1 aromatic heterocycles. The summed E-state index contributed by atoms with van der Waals surface area (Å²) >= 11 is 1.78. The smallest absolute Gasteiger partial charge is 0.0943 e. The van der Waals surface area contributed by atoms with Gasteiger partial charge in [0.1, 0.15) is 0 Å². The molecule has 1 aliphatic heterocycles.